The number of rotatable bonds is 5. The fraction of sp³-hybridized carbons (Fsp3) is 0.235. The second-order valence-corrected chi connectivity index (χ2v) is 5.67. The molecule has 0 saturated carbocycles. The van der Waals surface area contributed by atoms with Crippen LogP contribution in [-0.4, -0.2) is 18.2 Å². The lowest BCUT2D eigenvalue weighted by Crippen LogP contribution is -2.09. The monoisotopic (exact) mass is 364 g/mol. The van der Waals surface area contributed by atoms with Crippen molar-refractivity contribution in [3.8, 4) is 11.5 Å². The predicted molar refractivity (Wildman–Crippen MR) is 87.9 cm³/mol. The van der Waals surface area contributed by atoms with E-state index in [4.69, 9.17) is 9.47 Å². The van der Waals surface area contributed by atoms with Crippen molar-refractivity contribution in [2.75, 3.05) is 7.11 Å². The second kappa shape index (κ2) is 6.83. The summed E-state index contributed by atoms with van der Waals surface area (Å²) in [6, 6.07) is 9.61. The summed E-state index contributed by atoms with van der Waals surface area (Å²) in [5, 5.41) is 9.51. The van der Waals surface area contributed by atoms with Crippen LogP contribution in [0.3, 0.4) is 0 Å². The van der Waals surface area contributed by atoms with Crippen molar-refractivity contribution in [2.45, 2.75) is 20.5 Å². The quantitative estimate of drug-likeness (QED) is 0.856. The lowest BCUT2D eigenvalue weighted by atomic mass is 10.0. The summed E-state index contributed by atoms with van der Waals surface area (Å²) in [6.45, 7) is 3.81. The molecule has 0 aliphatic carbocycles. The molecular weight excluding hydrogens is 348 g/mol. The number of ether oxygens (including phenoxy) is 2. The predicted octanol–water partition coefficient (Wildman–Crippen LogP) is 4.35. The molecule has 0 radical (unpaired) electrons. The van der Waals surface area contributed by atoms with E-state index in [1.807, 2.05) is 30.3 Å². The Morgan fingerprint density at radius 2 is 1.77 bits per heavy atom. The zero-order valence-corrected chi connectivity index (χ0v) is 14.2. The molecule has 0 atom stereocenters. The van der Waals surface area contributed by atoms with Crippen molar-refractivity contribution in [2.24, 2.45) is 0 Å². The number of carboxylic acids is 1. The summed E-state index contributed by atoms with van der Waals surface area (Å²) in [7, 11) is 1.55. The van der Waals surface area contributed by atoms with Gasteiger partial charge in [-0.15, -0.1) is 0 Å². The number of methoxy groups -OCH3 is 1. The normalized spacial score (nSPS) is 10.4. The molecule has 0 fully saturated rings. The van der Waals surface area contributed by atoms with Gasteiger partial charge in [0, 0.05) is 5.56 Å². The van der Waals surface area contributed by atoms with Crippen LogP contribution in [0.25, 0.3) is 0 Å². The largest absolute Gasteiger partial charge is 0.495 e. The first-order chi connectivity index (χ1) is 10.5. The Balaban J connectivity index is 2.48. The first kappa shape index (κ1) is 16.4. The fourth-order valence-corrected chi connectivity index (χ4v) is 2.97. The number of hydrogen-bond donors (Lipinski definition) is 1. The van der Waals surface area contributed by atoms with Crippen LogP contribution >= 0.6 is 15.9 Å². The molecule has 0 aliphatic heterocycles. The Bertz CT molecular complexity index is 696. The molecule has 2 rings (SSSR count). The van der Waals surface area contributed by atoms with Crippen LogP contribution in [0.2, 0.25) is 0 Å². The summed E-state index contributed by atoms with van der Waals surface area (Å²) in [6.07, 6.45) is 0. The lowest BCUT2D eigenvalue weighted by molar-refractivity contribution is 0.0690. The number of carboxylic acid groups (broad SMARTS) is 1. The van der Waals surface area contributed by atoms with Crippen LogP contribution in [0.5, 0.6) is 11.5 Å². The van der Waals surface area contributed by atoms with Gasteiger partial charge in [0.2, 0.25) is 0 Å². The van der Waals surface area contributed by atoms with Crippen LogP contribution in [0.4, 0.5) is 0 Å². The van der Waals surface area contributed by atoms with Gasteiger partial charge in [0.05, 0.1) is 11.6 Å². The maximum atomic E-state index is 11.6. The molecule has 0 spiro atoms. The molecule has 0 unspecified atom stereocenters. The third-order valence-corrected chi connectivity index (χ3v) is 4.41. The van der Waals surface area contributed by atoms with Crippen molar-refractivity contribution < 1.29 is 19.4 Å². The first-order valence-electron chi connectivity index (χ1n) is 6.74. The van der Waals surface area contributed by atoms with E-state index in [1.165, 1.54) is 0 Å². The van der Waals surface area contributed by atoms with Gasteiger partial charge in [-0.1, -0.05) is 30.3 Å². The van der Waals surface area contributed by atoms with E-state index in [1.54, 1.807) is 21.0 Å². The molecule has 2 aromatic carbocycles. The number of carbonyl (C=O) groups is 1. The topological polar surface area (TPSA) is 55.8 Å². The van der Waals surface area contributed by atoms with E-state index in [0.29, 0.717) is 33.7 Å². The van der Waals surface area contributed by atoms with Crippen LogP contribution in [0.15, 0.2) is 34.8 Å². The van der Waals surface area contributed by atoms with Crippen molar-refractivity contribution in [3.63, 3.8) is 0 Å². The summed E-state index contributed by atoms with van der Waals surface area (Å²) in [5.74, 6) is -0.0912. The standard InChI is InChI=1S/C17H17BrO4/c1-10-13(17(19)20)15(11(2)16(21-3)14(10)18)22-9-12-7-5-4-6-8-12/h4-8H,9H2,1-3H3,(H,19,20). The Kier molecular flexibility index (Phi) is 5.08. The number of benzene rings is 2. The average molecular weight is 365 g/mol. The number of hydrogen-bond acceptors (Lipinski definition) is 3. The molecule has 0 aliphatic rings. The smallest absolute Gasteiger partial charge is 0.339 e. The van der Waals surface area contributed by atoms with Gasteiger partial charge in [0.15, 0.2) is 0 Å². The Labute approximate surface area is 137 Å². The SMILES string of the molecule is COc1c(C)c(OCc2ccccc2)c(C(=O)O)c(C)c1Br. The van der Waals surface area contributed by atoms with Gasteiger partial charge >= 0.3 is 5.97 Å². The van der Waals surface area contributed by atoms with Crippen molar-refractivity contribution >= 4 is 21.9 Å². The fourth-order valence-electron chi connectivity index (χ4n) is 2.32. The highest BCUT2D eigenvalue weighted by atomic mass is 79.9. The van der Waals surface area contributed by atoms with E-state index in [0.717, 1.165) is 5.56 Å². The van der Waals surface area contributed by atoms with Gasteiger partial charge < -0.3 is 14.6 Å². The molecule has 0 amide bonds. The van der Waals surface area contributed by atoms with Crippen molar-refractivity contribution in [3.05, 3.63) is 57.1 Å². The highest BCUT2D eigenvalue weighted by molar-refractivity contribution is 9.10. The molecule has 116 valence electrons. The van der Waals surface area contributed by atoms with Gasteiger partial charge in [-0.05, 0) is 40.9 Å². The molecular formula is C17H17BrO4. The number of halogens is 1. The Morgan fingerprint density at radius 3 is 2.32 bits per heavy atom. The summed E-state index contributed by atoms with van der Waals surface area (Å²) < 4.78 is 11.8. The van der Waals surface area contributed by atoms with Crippen LogP contribution in [0.1, 0.15) is 27.0 Å². The molecule has 0 aromatic heterocycles. The third kappa shape index (κ3) is 3.09. The highest BCUT2D eigenvalue weighted by Crippen LogP contribution is 2.41. The van der Waals surface area contributed by atoms with Crippen LogP contribution in [-0.2, 0) is 6.61 Å². The summed E-state index contributed by atoms with van der Waals surface area (Å²) in [5.41, 5.74) is 2.37. The average Bonchev–Trinajstić information content (AvgIpc) is 2.50. The molecule has 0 heterocycles. The molecule has 2 aromatic rings. The van der Waals surface area contributed by atoms with Gasteiger partial charge in [-0.25, -0.2) is 4.79 Å². The maximum Gasteiger partial charge on any atom is 0.339 e. The minimum atomic E-state index is -1.02. The van der Waals surface area contributed by atoms with Gasteiger partial charge in [0.25, 0.3) is 0 Å². The zero-order valence-electron chi connectivity index (χ0n) is 12.6. The van der Waals surface area contributed by atoms with Crippen LogP contribution < -0.4 is 9.47 Å². The lowest BCUT2D eigenvalue weighted by Gasteiger charge is -2.19. The number of aromatic carboxylic acids is 1. The van der Waals surface area contributed by atoms with E-state index < -0.39 is 5.97 Å². The molecule has 22 heavy (non-hydrogen) atoms. The minimum Gasteiger partial charge on any atom is -0.495 e. The minimum absolute atomic E-state index is 0.154. The second-order valence-electron chi connectivity index (χ2n) is 4.88. The van der Waals surface area contributed by atoms with E-state index in [-0.39, 0.29) is 5.56 Å². The molecule has 0 bridgehead atoms. The van der Waals surface area contributed by atoms with E-state index in [9.17, 15) is 9.90 Å². The van der Waals surface area contributed by atoms with Crippen molar-refractivity contribution in [1.82, 2.24) is 0 Å². The van der Waals surface area contributed by atoms with Gasteiger partial charge in [0.1, 0.15) is 23.7 Å². The first-order valence-corrected chi connectivity index (χ1v) is 7.53. The summed E-state index contributed by atoms with van der Waals surface area (Å²) >= 11 is 3.40. The van der Waals surface area contributed by atoms with Crippen molar-refractivity contribution in [1.29, 1.82) is 0 Å². The Hall–Kier alpha value is -2.01. The maximum absolute atomic E-state index is 11.6. The molecule has 4 nitrogen and oxygen atoms in total. The highest BCUT2D eigenvalue weighted by Gasteiger charge is 2.24. The van der Waals surface area contributed by atoms with E-state index >= 15 is 0 Å². The van der Waals surface area contributed by atoms with Crippen LogP contribution in [0, 0.1) is 13.8 Å². The molecule has 1 N–H and O–H groups in total. The molecule has 0 saturated heterocycles. The van der Waals surface area contributed by atoms with E-state index in [2.05, 4.69) is 15.9 Å². The Morgan fingerprint density at radius 1 is 1.14 bits per heavy atom. The zero-order chi connectivity index (χ0) is 16.3. The van der Waals surface area contributed by atoms with Gasteiger partial charge in [-0.3, -0.25) is 0 Å². The third-order valence-electron chi connectivity index (χ3n) is 3.46. The van der Waals surface area contributed by atoms with Gasteiger partial charge in [-0.2, -0.15) is 0 Å². The summed E-state index contributed by atoms with van der Waals surface area (Å²) in [4.78, 5) is 11.6. The molecule has 5 heteroatoms.